The van der Waals surface area contributed by atoms with Crippen molar-refractivity contribution in [2.24, 2.45) is 11.1 Å². The van der Waals surface area contributed by atoms with Crippen LogP contribution in [0.5, 0.6) is 0 Å². The van der Waals surface area contributed by atoms with E-state index in [1.54, 1.807) is 23.0 Å². The molecule has 188 valence electrons. The number of primary amides is 1. The number of benzene rings is 2. The first-order chi connectivity index (χ1) is 16.9. The number of aryl methyl sites for hydroxylation is 1. The average Bonchev–Trinajstić information content (AvgIpc) is 3.33. The largest absolute Gasteiger partial charge is 0.416 e. The summed E-state index contributed by atoms with van der Waals surface area (Å²) in [4.78, 5) is 11.9. The predicted octanol–water partition coefficient (Wildman–Crippen LogP) is 5.23. The topological polar surface area (TPSA) is 81.1 Å². The van der Waals surface area contributed by atoms with Crippen molar-refractivity contribution in [3.8, 4) is 5.69 Å². The number of halogens is 4. The van der Waals surface area contributed by atoms with Gasteiger partial charge in [-0.2, -0.15) is 18.3 Å². The molecule has 5 nitrogen and oxygen atoms in total. The maximum atomic E-state index is 13.4. The molecule has 1 amide bonds. The van der Waals surface area contributed by atoms with E-state index in [1.165, 1.54) is 18.2 Å². The highest BCUT2D eigenvalue weighted by atomic mass is 19.4. The molecule has 2 aliphatic carbocycles. The summed E-state index contributed by atoms with van der Waals surface area (Å²) in [5, 5.41) is 16.3. The molecule has 2 aliphatic rings. The molecular formula is C27H25F4N3O2. The smallest absolute Gasteiger partial charge is 0.389 e. The van der Waals surface area contributed by atoms with Gasteiger partial charge in [-0.05, 0) is 85.7 Å². The fourth-order valence-electron chi connectivity index (χ4n) is 5.66. The molecular weight excluding hydrogens is 474 g/mol. The number of alkyl halides is 3. The zero-order chi connectivity index (χ0) is 25.9. The summed E-state index contributed by atoms with van der Waals surface area (Å²) in [5.41, 5.74) is 6.53. The fraction of sp³-hybridized carbons (Fsp3) is 0.333. The Bertz CT molecular complexity index is 1380. The van der Waals surface area contributed by atoms with Crippen LogP contribution >= 0.6 is 0 Å². The highest BCUT2D eigenvalue weighted by molar-refractivity contribution is 5.94. The maximum Gasteiger partial charge on any atom is 0.416 e. The Morgan fingerprint density at radius 3 is 2.58 bits per heavy atom. The molecule has 36 heavy (non-hydrogen) atoms. The summed E-state index contributed by atoms with van der Waals surface area (Å²) in [5.74, 6) is -1.27. The van der Waals surface area contributed by atoms with Crippen LogP contribution < -0.4 is 5.73 Å². The predicted molar refractivity (Wildman–Crippen MR) is 126 cm³/mol. The Balaban J connectivity index is 1.42. The number of aliphatic hydroxyl groups is 1. The lowest BCUT2D eigenvalue weighted by Gasteiger charge is -2.42. The van der Waals surface area contributed by atoms with E-state index < -0.39 is 28.7 Å². The van der Waals surface area contributed by atoms with Gasteiger partial charge < -0.3 is 10.8 Å². The average molecular weight is 500 g/mol. The van der Waals surface area contributed by atoms with Gasteiger partial charge in [0, 0.05) is 11.0 Å². The normalized spacial score (nSPS) is 23.2. The number of carbonyl (C=O) groups is 1. The SMILES string of the molecule is C[C@]12Cc3cnn(-c4ccc(F)cc4)c3C=C1CC[C@@]2(O)CCc1ccc(C(F)(F)F)cc1C(N)=O. The van der Waals surface area contributed by atoms with Gasteiger partial charge in [-0.15, -0.1) is 0 Å². The van der Waals surface area contributed by atoms with Gasteiger partial charge in [0.2, 0.25) is 5.91 Å². The quantitative estimate of drug-likeness (QED) is 0.472. The number of nitrogens with two attached hydrogens (primary N) is 1. The van der Waals surface area contributed by atoms with Crippen molar-refractivity contribution in [3.63, 3.8) is 0 Å². The van der Waals surface area contributed by atoms with Crippen LogP contribution in [0.1, 0.15) is 58.9 Å². The van der Waals surface area contributed by atoms with E-state index in [9.17, 15) is 27.5 Å². The number of nitrogens with zero attached hydrogens (tertiary/aromatic N) is 2. The molecule has 0 bridgehead atoms. The third kappa shape index (κ3) is 3.91. The molecule has 5 rings (SSSR count). The van der Waals surface area contributed by atoms with Gasteiger partial charge in [0.1, 0.15) is 5.82 Å². The summed E-state index contributed by atoms with van der Waals surface area (Å²) in [7, 11) is 0. The summed E-state index contributed by atoms with van der Waals surface area (Å²) in [6.07, 6.45) is 1.31. The minimum absolute atomic E-state index is 0.182. The number of hydrogen-bond donors (Lipinski definition) is 2. The Kier molecular flexibility index (Phi) is 5.59. The first-order valence-corrected chi connectivity index (χ1v) is 11.7. The van der Waals surface area contributed by atoms with Crippen LogP contribution in [0.25, 0.3) is 11.8 Å². The molecule has 3 N–H and O–H groups in total. The number of hydrogen-bond acceptors (Lipinski definition) is 3. The van der Waals surface area contributed by atoms with E-state index in [-0.39, 0.29) is 24.2 Å². The fourth-order valence-corrected chi connectivity index (χ4v) is 5.66. The summed E-state index contributed by atoms with van der Waals surface area (Å²) in [6.45, 7) is 1.99. The van der Waals surface area contributed by atoms with E-state index in [1.807, 2.05) is 13.0 Å². The summed E-state index contributed by atoms with van der Waals surface area (Å²) < 4.78 is 54.5. The van der Waals surface area contributed by atoms with Crippen LogP contribution in [0.2, 0.25) is 0 Å². The Hall–Kier alpha value is -3.46. The van der Waals surface area contributed by atoms with Gasteiger partial charge in [-0.25, -0.2) is 9.07 Å². The van der Waals surface area contributed by atoms with E-state index in [0.717, 1.165) is 34.7 Å². The molecule has 0 radical (unpaired) electrons. The molecule has 0 unspecified atom stereocenters. The standard InChI is InChI=1S/C27H25F4N3O2/c1-25-14-17-15-33-34(21-6-4-20(28)5-7-21)23(17)13-18(25)9-11-26(25,36)10-8-16-2-3-19(27(29,30)31)12-22(16)24(32)35/h2-7,12-13,15,36H,8-11,14H2,1H3,(H2,32,35)/t25-,26-/m0/s1. The molecule has 2 aromatic carbocycles. The van der Waals surface area contributed by atoms with Crippen molar-refractivity contribution >= 4 is 12.0 Å². The van der Waals surface area contributed by atoms with Crippen molar-refractivity contribution < 1.29 is 27.5 Å². The van der Waals surface area contributed by atoms with Gasteiger partial charge in [0.15, 0.2) is 0 Å². The van der Waals surface area contributed by atoms with Gasteiger partial charge >= 0.3 is 6.18 Å². The number of aromatic nitrogens is 2. The first-order valence-electron chi connectivity index (χ1n) is 11.7. The molecule has 1 heterocycles. The molecule has 1 fully saturated rings. The molecule has 1 saturated carbocycles. The molecule has 0 aliphatic heterocycles. The number of amides is 1. The minimum atomic E-state index is -4.59. The number of fused-ring (bicyclic) bond motifs is 2. The Morgan fingerprint density at radius 1 is 1.19 bits per heavy atom. The molecule has 9 heteroatoms. The van der Waals surface area contributed by atoms with Crippen LogP contribution in [-0.2, 0) is 19.0 Å². The Labute approximate surface area is 205 Å². The third-order valence-electron chi connectivity index (χ3n) is 7.87. The van der Waals surface area contributed by atoms with Gasteiger partial charge in [0.25, 0.3) is 0 Å². The Morgan fingerprint density at radius 2 is 1.92 bits per heavy atom. The van der Waals surface area contributed by atoms with Crippen LogP contribution in [0.4, 0.5) is 17.6 Å². The molecule has 1 aromatic heterocycles. The van der Waals surface area contributed by atoms with Crippen molar-refractivity contribution in [1.29, 1.82) is 0 Å². The first kappa shape index (κ1) is 24.2. The second-order valence-corrected chi connectivity index (χ2v) is 9.89. The van der Waals surface area contributed by atoms with Crippen LogP contribution in [0.15, 0.2) is 54.2 Å². The van der Waals surface area contributed by atoms with E-state index >= 15 is 0 Å². The third-order valence-corrected chi connectivity index (χ3v) is 7.87. The highest BCUT2D eigenvalue weighted by Crippen LogP contribution is 2.57. The lowest BCUT2D eigenvalue weighted by atomic mass is 9.65. The van der Waals surface area contributed by atoms with Crippen molar-refractivity contribution in [2.45, 2.75) is 50.8 Å². The van der Waals surface area contributed by atoms with Gasteiger partial charge in [-0.1, -0.05) is 18.6 Å². The molecule has 3 aromatic rings. The number of rotatable bonds is 5. The van der Waals surface area contributed by atoms with Crippen LogP contribution in [-0.4, -0.2) is 26.4 Å². The summed E-state index contributed by atoms with van der Waals surface area (Å²) in [6, 6.07) is 9.04. The molecule has 0 saturated heterocycles. The highest BCUT2D eigenvalue weighted by Gasteiger charge is 2.54. The van der Waals surface area contributed by atoms with Gasteiger partial charge in [-0.3, -0.25) is 4.79 Å². The van der Waals surface area contributed by atoms with Crippen molar-refractivity contribution in [1.82, 2.24) is 9.78 Å². The van der Waals surface area contributed by atoms with Crippen LogP contribution in [0.3, 0.4) is 0 Å². The van der Waals surface area contributed by atoms with E-state index in [4.69, 9.17) is 5.73 Å². The van der Waals surface area contributed by atoms with Crippen molar-refractivity contribution in [3.05, 3.63) is 88.0 Å². The molecule has 2 atom stereocenters. The lowest BCUT2D eigenvalue weighted by Crippen LogP contribution is -2.45. The lowest BCUT2D eigenvalue weighted by molar-refractivity contribution is -0.137. The van der Waals surface area contributed by atoms with Crippen LogP contribution in [0, 0.1) is 11.2 Å². The maximum absolute atomic E-state index is 13.4. The second kappa shape index (κ2) is 8.30. The van der Waals surface area contributed by atoms with E-state index in [2.05, 4.69) is 5.10 Å². The summed E-state index contributed by atoms with van der Waals surface area (Å²) >= 11 is 0. The zero-order valence-corrected chi connectivity index (χ0v) is 19.6. The zero-order valence-electron chi connectivity index (χ0n) is 19.6. The second-order valence-electron chi connectivity index (χ2n) is 9.89. The van der Waals surface area contributed by atoms with Crippen molar-refractivity contribution in [2.75, 3.05) is 0 Å². The minimum Gasteiger partial charge on any atom is -0.389 e. The van der Waals surface area contributed by atoms with E-state index in [0.29, 0.717) is 24.8 Å². The van der Waals surface area contributed by atoms with Gasteiger partial charge in [0.05, 0.1) is 28.7 Å². The monoisotopic (exact) mass is 499 g/mol. The molecule has 0 spiro atoms. The number of carbonyl (C=O) groups excluding carboxylic acids is 1.